The molecule has 3 aromatic heterocycles. The molecule has 0 unspecified atom stereocenters. The first-order valence-electron chi connectivity index (χ1n) is 10.4. The third kappa shape index (κ3) is 4.94. The van der Waals surface area contributed by atoms with Crippen molar-refractivity contribution >= 4 is 17.0 Å². The molecule has 3 heterocycles. The van der Waals surface area contributed by atoms with Crippen molar-refractivity contribution in [3.05, 3.63) is 77.0 Å². The number of fused-ring (bicyclic) bond motifs is 1. The van der Waals surface area contributed by atoms with Gasteiger partial charge in [0.2, 0.25) is 0 Å². The van der Waals surface area contributed by atoms with Crippen LogP contribution in [-0.2, 0) is 17.8 Å². The predicted octanol–water partition coefficient (Wildman–Crippen LogP) is 3.43. The Morgan fingerprint density at radius 1 is 1.06 bits per heavy atom. The molecular formula is C23H23FN6O2. The molecule has 9 heteroatoms. The highest BCUT2D eigenvalue weighted by molar-refractivity contribution is 5.79. The number of hydrogen-bond donors (Lipinski definition) is 1. The molecule has 0 aliphatic carbocycles. The minimum Gasteiger partial charge on any atom is -0.380 e. The molecule has 0 fully saturated rings. The van der Waals surface area contributed by atoms with Gasteiger partial charge in [-0.25, -0.2) is 14.4 Å². The van der Waals surface area contributed by atoms with E-state index in [-0.39, 0.29) is 17.2 Å². The number of benzene rings is 1. The van der Waals surface area contributed by atoms with Crippen LogP contribution in [-0.4, -0.2) is 37.7 Å². The van der Waals surface area contributed by atoms with Crippen LogP contribution in [0.4, 0.5) is 10.2 Å². The molecule has 0 amide bonds. The zero-order valence-corrected chi connectivity index (χ0v) is 17.7. The Morgan fingerprint density at radius 3 is 2.66 bits per heavy atom. The van der Waals surface area contributed by atoms with E-state index in [9.17, 15) is 9.18 Å². The Kier molecular flexibility index (Phi) is 6.76. The van der Waals surface area contributed by atoms with Gasteiger partial charge in [0.15, 0.2) is 11.5 Å². The van der Waals surface area contributed by atoms with E-state index in [1.54, 1.807) is 41.5 Å². The number of anilines is 1. The monoisotopic (exact) mass is 434 g/mol. The van der Waals surface area contributed by atoms with Gasteiger partial charge in [0, 0.05) is 37.3 Å². The smallest absolute Gasteiger partial charge is 0.293 e. The molecule has 4 aromatic rings. The molecule has 164 valence electrons. The Hall–Kier alpha value is -3.72. The fraction of sp³-hybridized carbons (Fsp3) is 0.261. The SMILES string of the molecule is CCCOCCn1c(=O)c(NCc2cnccn2)nc2ncc(-c3ccc(F)cc3)cc21. The Balaban J connectivity index is 1.72. The van der Waals surface area contributed by atoms with Crippen LogP contribution in [0.25, 0.3) is 22.3 Å². The van der Waals surface area contributed by atoms with Crippen LogP contribution in [0, 0.1) is 5.82 Å². The second kappa shape index (κ2) is 10.1. The van der Waals surface area contributed by atoms with Crippen LogP contribution < -0.4 is 10.9 Å². The van der Waals surface area contributed by atoms with Crippen molar-refractivity contribution in [1.82, 2.24) is 24.5 Å². The summed E-state index contributed by atoms with van der Waals surface area (Å²) in [5, 5.41) is 3.05. The van der Waals surface area contributed by atoms with E-state index in [0.29, 0.717) is 43.2 Å². The molecular weight excluding hydrogens is 411 g/mol. The van der Waals surface area contributed by atoms with Crippen molar-refractivity contribution in [2.24, 2.45) is 0 Å². The van der Waals surface area contributed by atoms with Gasteiger partial charge in [0.25, 0.3) is 5.56 Å². The quantitative estimate of drug-likeness (QED) is 0.403. The highest BCUT2D eigenvalue weighted by atomic mass is 19.1. The summed E-state index contributed by atoms with van der Waals surface area (Å²) in [7, 11) is 0. The molecule has 1 aromatic carbocycles. The summed E-state index contributed by atoms with van der Waals surface area (Å²) in [6.45, 7) is 3.70. The average Bonchev–Trinajstić information content (AvgIpc) is 2.82. The zero-order valence-electron chi connectivity index (χ0n) is 17.7. The third-order valence-electron chi connectivity index (χ3n) is 4.84. The molecule has 8 nitrogen and oxygen atoms in total. The van der Waals surface area contributed by atoms with Crippen molar-refractivity contribution < 1.29 is 9.13 Å². The summed E-state index contributed by atoms with van der Waals surface area (Å²) >= 11 is 0. The topological polar surface area (TPSA) is 94.8 Å². The number of hydrogen-bond acceptors (Lipinski definition) is 7. The normalized spacial score (nSPS) is 11.1. The third-order valence-corrected chi connectivity index (χ3v) is 4.84. The lowest BCUT2D eigenvalue weighted by Gasteiger charge is -2.14. The van der Waals surface area contributed by atoms with Crippen molar-refractivity contribution in [3.8, 4) is 11.1 Å². The Labute approximate surface area is 184 Å². The van der Waals surface area contributed by atoms with Crippen LogP contribution in [0.1, 0.15) is 19.0 Å². The lowest BCUT2D eigenvalue weighted by atomic mass is 10.1. The summed E-state index contributed by atoms with van der Waals surface area (Å²) in [6, 6.07) is 7.98. The van der Waals surface area contributed by atoms with E-state index >= 15 is 0 Å². The molecule has 0 atom stereocenters. The summed E-state index contributed by atoms with van der Waals surface area (Å²) in [6.07, 6.45) is 7.36. The zero-order chi connectivity index (χ0) is 22.3. The lowest BCUT2D eigenvalue weighted by molar-refractivity contribution is 0.127. The van der Waals surface area contributed by atoms with Gasteiger partial charge in [0.05, 0.1) is 30.6 Å². The highest BCUT2D eigenvalue weighted by Crippen LogP contribution is 2.22. The number of nitrogens with one attached hydrogen (secondary N) is 1. The summed E-state index contributed by atoms with van der Waals surface area (Å²) in [5.41, 5.74) is 2.98. The van der Waals surface area contributed by atoms with E-state index < -0.39 is 0 Å². The van der Waals surface area contributed by atoms with Crippen LogP contribution >= 0.6 is 0 Å². The summed E-state index contributed by atoms with van der Waals surface area (Å²) in [4.78, 5) is 30.4. The molecule has 32 heavy (non-hydrogen) atoms. The van der Waals surface area contributed by atoms with E-state index in [1.165, 1.54) is 12.1 Å². The maximum atomic E-state index is 13.3. The lowest BCUT2D eigenvalue weighted by Crippen LogP contribution is -2.27. The van der Waals surface area contributed by atoms with Gasteiger partial charge in [-0.3, -0.25) is 19.3 Å². The van der Waals surface area contributed by atoms with Gasteiger partial charge in [-0.1, -0.05) is 19.1 Å². The van der Waals surface area contributed by atoms with Gasteiger partial charge in [-0.2, -0.15) is 0 Å². The molecule has 0 saturated carbocycles. The maximum absolute atomic E-state index is 13.3. The predicted molar refractivity (Wildman–Crippen MR) is 120 cm³/mol. The van der Waals surface area contributed by atoms with Gasteiger partial charge >= 0.3 is 0 Å². The molecule has 4 rings (SSSR count). The van der Waals surface area contributed by atoms with Crippen molar-refractivity contribution in [3.63, 3.8) is 0 Å². The average molecular weight is 434 g/mol. The minimum absolute atomic E-state index is 0.181. The van der Waals surface area contributed by atoms with E-state index in [0.717, 1.165) is 17.5 Å². The second-order valence-electron chi connectivity index (χ2n) is 7.15. The van der Waals surface area contributed by atoms with Crippen LogP contribution in [0.15, 0.2) is 59.9 Å². The first kappa shape index (κ1) is 21.5. The van der Waals surface area contributed by atoms with Gasteiger partial charge in [0.1, 0.15) is 5.82 Å². The molecule has 0 radical (unpaired) electrons. The van der Waals surface area contributed by atoms with Gasteiger partial charge < -0.3 is 10.1 Å². The number of rotatable bonds is 9. The highest BCUT2D eigenvalue weighted by Gasteiger charge is 2.14. The molecule has 0 spiro atoms. The molecule has 1 N–H and O–H groups in total. The van der Waals surface area contributed by atoms with Crippen LogP contribution in [0.5, 0.6) is 0 Å². The maximum Gasteiger partial charge on any atom is 0.293 e. The van der Waals surface area contributed by atoms with Crippen LogP contribution in [0.2, 0.25) is 0 Å². The van der Waals surface area contributed by atoms with Gasteiger partial charge in [-0.05, 0) is 30.2 Å². The molecule has 0 aliphatic rings. The standard InChI is InChI=1S/C23H23FN6O2/c1-2-10-32-11-9-30-20-12-17(16-3-5-18(24)6-4-16)13-27-21(20)29-22(23(30)31)28-15-19-14-25-7-8-26-19/h3-8,12-14H,2,9-11,15H2,1H3,(H,27,28,29). The largest absolute Gasteiger partial charge is 0.380 e. The van der Waals surface area contributed by atoms with Crippen LogP contribution in [0.3, 0.4) is 0 Å². The minimum atomic E-state index is -0.312. The van der Waals surface area contributed by atoms with Crippen molar-refractivity contribution in [1.29, 1.82) is 0 Å². The Bertz CT molecular complexity index is 1250. The molecule has 0 aliphatic heterocycles. The number of pyridine rings is 1. The fourth-order valence-electron chi connectivity index (χ4n) is 3.26. The molecule has 0 bridgehead atoms. The number of ether oxygens (including phenoxy) is 1. The number of halogens is 1. The van der Waals surface area contributed by atoms with E-state index in [1.807, 2.05) is 13.0 Å². The van der Waals surface area contributed by atoms with E-state index in [2.05, 4.69) is 25.3 Å². The first-order chi connectivity index (χ1) is 15.7. The first-order valence-corrected chi connectivity index (χ1v) is 10.4. The molecule has 0 saturated heterocycles. The van der Waals surface area contributed by atoms with Crippen molar-refractivity contribution in [2.45, 2.75) is 26.4 Å². The van der Waals surface area contributed by atoms with Crippen molar-refractivity contribution in [2.75, 3.05) is 18.5 Å². The van der Waals surface area contributed by atoms with E-state index in [4.69, 9.17) is 4.74 Å². The summed E-state index contributed by atoms with van der Waals surface area (Å²) < 4.78 is 20.5. The Morgan fingerprint density at radius 2 is 1.91 bits per heavy atom. The fourth-order valence-corrected chi connectivity index (χ4v) is 3.26. The number of aromatic nitrogens is 5. The van der Waals surface area contributed by atoms with Gasteiger partial charge in [-0.15, -0.1) is 0 Å². The summed E-state index contributed by atoms with van der Waals surface area (Å²) in [5.74, 6) is -0.131. The number of nitrogens with zero attached hydrogens (tertiary/aromatic N) is 5. The second-order valence-corrected chi connectivity index (χ2v) is 7.15.